The summed E-state index contributed by atoms with van der Waals surface area (Å²) in [5.41, 5.74) is 19.3. The first-order valence-electron chi connectivity index (χ1n) is 29.5. The third kappa shape index (κ3) is 8.11. The maximum atomic E-state index is 6.51. The first kappa shape index (κ1) is 50.4. The van der Waals surface area contributed by atoms with E-state index in [0.717, 1.165) is 62.7 Å². The van der Waals surface area contributed by atoms with E-state index in [-0.39, 0.29) is 0 Å². The molecule has 402 valence electrons. The molecule has 1 aromatic heterocycles. The molecule has 4 aliphatic rings. The molecule has 0 saturated carbocycles. The van der Waals surface area contributed by atoms with Gasteiger partial charge in [0.25, 0.3) is 0 Å². The number of nitrogens with zero attached hydrogens (tertiary/aromatic N) is 7. The summed E-state index contributed by atoms with van der Waals surface area (Å²) < 4.78 is 8.17. The van der Waals surface area contributed by atoms with Gasteiger partial charge in [-0.3, -0.25) is 0 Å². The topological polar surface area (TPSA) is 32.3 Å². The van der Waals surface area contributed by atoms with Gasteiger partial charge in [0.2, 0.25) is 0 Å². The van der Waals surface area contributed by atoms with Crippen LogP contribution in [0.4, 0.5) is 103 Å². The molecule has 0 fully saturated rings. The Morgan fingerprint density at radius 1 is 0.233 bits per heavy atom. The minimum atomic E-state index is -3.31. The van der Waals surface area contributed by atoms with Crippen molar-refractivity contribution < 1.29 is 0 Å². The molecule has 0 amide bonds. The number of hydrogen-bond donors (Lipinski definition) is 0. The fourth-order valence-corrected chi connectivity index (χ4v) is 28.8. The SMILES string of the molecule is c1ccc(N(c2ccccc2)c2cc3[c]4c(c2)N(c2ccccc2)c2n[c]5c(c[c]2[Ga]4[c]2ccccc2N3c2ccccc2)N(c2ccccc2)c2cc(N(c3ccccc3)c3ccccc3)cc3[c]2[Ga]5[c]2ccccc2N3c2ccccc2)cc1. The van der Waals surface area contributed by atoms with Crippen molar-refractivity contribution in [2.45, 2.75) is 0 Å². The van der Waals surface area contributed by atoms with Crippen LogP contribution in [0.2, 0.25) is 0 Å². The van der Waals surface area contributed by atoms with Crippen LogP contribution < -0.4 is 54.2 Å². The fraction of sp³-hybridized carbons (Fsp3) is 0. The second kappa shape index (κ2) is 20.9. The molecule has 0 spiro atoms. The van der Waals surface area contributed by atoms with E-state index >= 15 is 0 Å². The van der Waals surface area contributed by atoms with Crippen molar-refractivity contribution in [1.82, 2.24) is 4.98 Å². The van der Waals surface area contributed by atoms with Crippen LogP contribution in [-0.2, 0) is 0 Å². The van der Waals surface area contributed by atoms with Crippen molar-refractivity contribution in [3.05, 3.63) is 322 Å². The Kier molecular flexibility index (Phi) is 12.2. The molecule has 0 bridgehead atoms. The molecule has 0 N–H and O–H groups in total. The summed E-state index contributed by atoms with van der Waals surface area (Å²) in [5, 5.41) is 0. The quantitative estimate of drug-likeness (QED) is 0.126. The van der Waals surface area contributed by atoms with E-state index in [0.29, 0.717) is 0 Å². The van der Waals surface area contributed by atoms with Gasteiger partial charge in [0.05, 0.1) is 0 Å². The molecule has 86 heavy (non-hydrogen) atoms. The summed E-state index contributed by atoms with van der Waals surface area (Å²) in [6.07, 6.45) is 0. The van der Waals surface area contributed by atoms with Gasteiger partial charge in [0.1, 0.15) is 0 Å². The molecule has 7 nitrogen and oxygen atoms in total. The number of benzene rings is 12. The molecule has 12 aromatic carbocycles. The molecule has 0 aliphatic carbocycles. The van der Waals surface area contributed by atoms with Gasteiger partial charge < -0.3 is 0 Å². The average Bonchev–Trinajstić information content (AvgIpc) is 0.760. The van der Waals surface area contributed by atoms with Crippen LogP contribution in [0.5, 0.6) is 0 Å². The van der Waals surface area contributed by atoms with Crippen LogP contribution in [0.3, 0.4) is 0 Å². The van der Waals surface area contributed by atoms with Crippen LogP contribution in [0, 0.1) is 0 Å². The van der Waals surface area contributed by atoms with Gasteiger partial charge in [-0.1, -0.05) is 0 Å². The van der Waals surface area contributed by atoms with Crippen molar-refractivity contribution in [3.63, 3.8) is 0 Å². The normalized spacial score (nSPS) is 13.0. The van der Waals surface area contributed by atoms with E-state index < -0.39 is 32.4 Å². The number of para-hydroxylation sites is 10. The zero-order valence-electron chi connectivity index (χ0n) is 46.9. The molecule has 0 radical (unpaired) electrons. The number of rotatable bonds is 10. The molecule has 0 unspecified atom stereocenters. The monoisotopic (exact) mass is 1210 g/mol. The zero-order valence-corrected chi connectivity index (χ0v) is 51.7. The Labute approximate surface area is 511 Å². The standard InChI is InChI=1S/C77H53N7.2Ga/c1-11-31-60(32-12-1)79(61-33-13-2-14-34-61)71-53-72(80(62-35-15-3-16-36-62)63-37-17-4-18-38-63)56-75(55-71)83(68-47-27-9-28-48-68)70-51-52-77(78-59-70)84(69-49-29-10-30-50-69)76-57-73(81(64-39-19-5-20-40-64)65-41-21-6-22-42-65)54-74(58-76)82(66-43-23-7-24-44-66)67-45-25-8-26-46-67;;/h1-37,39-45,47-51,53-55,57H;;. The van der Waals surface area contributed by atoms with E-state index in [1.807, 2.05) is 0 Å². The van der Waals surface area contributed by atoms with Gasteiger partial charge in [0, 0.05) is 0 Å². The third-order valence-corrected chi connectivity index (χ3v) is 31.3. The molecule has 9 heteroatoms. The van der Waals surface area contributed by atoms with Crippen LogP contribution in [-0.4, -0.2) is 37.4 Å². The Bertz CT molecular complexity index is 4300. The first-order valence-corrected chi connectivity index (χ1v) is 36.8. The number of fused-ring (bicyclic) bond motifs is 8. The molecular formula is C77H53Ga2N7. The Hall–Kier alpha value is -10.1. The first-order chi connectivity index (χ1) is 42.7. The van der Waals surface area contributed by atoms with Crippen LogP contribution >= 0.6 is 0 Å². The minimum absolute atomic E-state index is 1.03. The Morgan fingerprint density at radius 2 is 0.523 bits per heavy atom. The number of anilines is 18. The molecule has 4 aliphatic heterocycles. The van der Waals surface area contributed by atoms with Crippen molar-refractivity contribution in [2.75, 3.05) is 29.4 Å². The summed E-state index contributed by atoms with van der Waals surface area (Å²) in [7, 11) is 0. The van der Waals surface area contributed by atoms with E-state index in [2.05, 4.69) is 351 Å². The molecule has 0 saturated heterocycles. The second-order valence-corrected chi connectivity index (χ2v) is 33.4. The summed E-state index contributed by atoms with van der Waals surface area (Å²) >= 11 is -6.58. The van der Waals surface area contributed by atoms with Crippen LogP contribution in [0.15, 0.2) is 322 Å². The van der Waals surface area contributed by atoms with Crippen LogP contribution in [0.25, 0.3) is 0 Å². The predicted octanol–water partition coefficient (Wildman–Crippen LogP) is 16.2. The Morgan fingerprint density at radius 3 is 0.907 bits per heavy atom. The predicted molar refractivity (Wildman–Crippen MR) is 362 cm³/mol. The molecular weight excluding hydrogens is 1160 g/mol. The van der Waals surface area contributed by atoms with Crippen molar-refractivity contribution in [2.24, 2.45) is 0 Å². The molecule has 0 atom stereocenters. The fourth-order valence-electron chi connectivity index (χ4n) is 14.0. The average molecular weight is 1220 g/mol. The third-order valence-electron chi connectivity index (χ3n) is 17.5. The molecule has 17 rings (SSSR count). The number of aromatic nitrogens is 1. The summed E-state index contributed by atoms with van der Waals surface area (Å²) in [4.78, 5) is 21.6. The second-order valence-electron chi connectivity index (χ2n) is 22.3. The van der Waals surface area contributed by atoms with Gasteiger partial charge in [-0.2, -0.15) is 0 Å². The zero-order chi connectivity index (χ0) is 56.7. The summed E-state index contributed by atoms with van der Waals surface area (Å²) in [6, 6.07) is 119. The summed E-state index contributed by atoms with van der Waals surface area (Å²) in [5.74, 6) is 1.03. The summed E-state index contributed by atoms with van der Waals surface area (Å²) in [6.45, 7) is 0. The van der Waals surface area contributed by atoms with E-state index in [9.17, 15) is 0 Å². The van der Waals surface area contributed by atoms with E-state index in [1.54, 1.807) is 0 Å². The molecule has 5 heterocycles. The maximum absolute atomic E-state index is 6.51. The van der Waals surface area contributed by atoms with E-state index in [1.165, 1.54) is 64.6 Å². The van der Waals surface area contributed by atoms with Crippen molar-refractivity contribution in [1.29, 1.82) is 0 Å². The van der Waals surface area contributed by atoms with E-state index in [4.69, 9.17) is 4.98 Å². The van der Waals surface area contributed by atoms with Gasteiger partial charge >= 0.3 is 516 Å². The van der Waals surface area contributed by atoms with Gasteiger partial charge in [-0.15, -0.1) is 0 Å². The van der Waals surface area contributed by atoms with Crippen molar-refractivity contribution >= 4 is 160 Å². The van der Waals surface area contributed by atoms with Gasteiger partial charge in [-0.25, -0.2) is 0 Å². The number of pyridine rings is 1. The van der Waals surface area contributed by atoms with Gasteiger partial charge in [0.15, 0.2) is 0 Å². The van der Waals surface area contributed by atoms with Crippen molar-refractivity contribution in [3.8, 4) is 0 Å². The van der Waals surface area contributed by atoms with Crippen LogP contribution in [0.1, 0.15) is 0 Å². The molecule has 13 aromatic rings. The number of hydrogen-bond acceptors (Lipinski definition) is 7. The van der Waals surface area contributed by atoms with Gasteiger partial charge in [-0.05, 0) is 0 Å². The Balaban J connectivity index is 0.995.